The Labute approximate surface area is 128 Å². The molecule has 1 atom stereocenters. The summed E-state index contributed by atoms with van der Waals surface area (Å²) < 4.78 is 33.5. The predicted octanol–water partition coefficient (Wildman–Crippen LogP) is 2.16. The van der Waals surface area contributed by atoms with E-state index in [1.54, 1.807) is 4.90 Å². The molecule has 6 nitrogen and oxygen atoms in total. The van der Waals surface area contributed by atoms with Gasteiger partial charge in [-0.1, -0.05) is 0 Å². The van der Waals surface area contributed by atoms with Gasteiger partial charge in [0.05, 0.1) is 6.10 Å². The predicted molar refractivity (Wildman–Crippen MR) is 77.0 cm³/mol. The summed E-state index contributed by atoms with van der Waals surface area (Å²) >= 11 is 0. The maximum Gasteiger partial charge on any atom is 0.289 e. The molecule has 118 valence electrons. The lowest BCUT2D eigenvalue weighted by atomic mass is 10.1. The molecular formula is C13H18ClNO5S. The number of rotatable bonds is 4. The van der Waals surface area contributed by atoms with E-state index in [1.165, 1.54) is 13.0 Å². The maximum atomic E-state index is 12.4. The molecule has 1 aromatic heterocycles. The van der Waals surface area contributed by atoms with Crippen LogP contribution in [0, 0.1) is 6.92 Å². The Balaban J connectivity index is 2.17. The summed E-state index contributed by atoms with van der Waals surface area (Å²) in [5, 5.41) is 0. The Kier molecular flexibility index (Phi) is 4.95. The lowest BCUT2D eigenvalue weighted by molar-refractivity contribution is 0.00613. The second-order valence-corrected chi connectivity index (χ2v) is 7.47. The number of nitrogens with zero attached hydrogens (tertiary/aromatic N) is 1. The summed E-state index contributed by atoms with van der Waals surface area (Å²) in [6.07, 6.45) is 1.77. The van der Waals surface area contributed by atoms with Gasteiger partial charge in [-0.2, -0.15) is 0 Å². The van der Waals surface area contributed by atoms with Crippen LogP contribution in [0.15, 0.2) is 15.4 Å². The molecule has 0 saturated carbocycles. The fourth-order valence-electron chi connectivity index (χ4n) is 2.46. The van der Waals surface area contributed by atoms with Crippen molar-refractivity contribution >= 4 is 25.6 Å². The van der Waals surface area contributed by atoms with E-state index < -0.39 is 9.05 Å². The van der Waals surface area contributed by atoms with Gasteiger partial charge >= 0.3 is 0 Å². The van der Waals surface area contributed by atoms with Crippen LogP contribution >= 0.6 is 10.7 Å². The van der Waals surface area contributed by atoms with E-state index in [2.05, 4.69) is 0 Å². The molecule has 8 heteroatoms. The van der Waals surface area contributed by atoms with Gasteiger partial charge in [0, 0.05) is 36.4 Å². The van der Waals surface area contributed by atoms with Crippen LogP contribution in [0.5, 0.6) is 0 Å². The molecule has 1 amide bonds. The normalized spacial score (nSPS) is 19.8. The number of carbonyl (C=O) groups is 1. The largest absolute Gasteiger partial charge is 0.455 e. The quantitative estimate of drug-likeness (QED) is 0.788. The third kappa shape index (κ3) is 3.78. The van der Waals surface area contributed by atoms with Gasteiger partial charge in [-0.05, 0) is 26.7 Å². The molecule has 0 aliphatic carbocycles. The first kappa shape index (κ1) is 16.3. The number of halogens is 1. The Morgan fingerprint density at radius 2 is 2.29 bits per heavy atom. The second kappa shape index (κ2) is 6.37. The fourth-order valence-corrected chi connectivity index (χ4v) is 3.56. The molecule has 0 N–H and O–H groups in total. The van der Waals surface area contributed by atoms with Crippen LogP contribution in [0.25, 0.3) is 0 Å². The van der Waals surface area contributed by atoms with Crippen molar-refractivity contribution in [2.75, 3.05) is 19.7 Å². The molecule has 1 aliphatic heterocycles. The maximum absolute atomic E-state index is 12.4. The van der Waals surface area contributed by atoms with E-state index in [9.17, 15) is 13.2 Å². The van der Waals surface area contributed by atoms with Gasteiger partial charge in [0.25, 0.3) is 15.0 Å². The first-order chi connectivity index (χ1) is 9.82. The molecule has 2 heterocycles. The minimum absolute atomic E-state index is 0.0103. The molecule has 1 saturated heterocycles. The molecule has 0 aromatic carbocycles. The van der Waals surface area contributed by atoms with E-state index in [1.807, 2.05) is 6.92 Å². The van der Waals surface area contributed by atoms with Crippen LogP contribution < -0.4 is 0 Å². The van der Waals surface area contributed by atoms with Crippen LogP contribution in [0.1, 0.15) is 36.1 Å². The van der Waals surface area contributed by atoms with Crippen molar-refractivity contribution in [3.05, 3.63) is 17.6 Å². The number of ether oxygens (including phenoxy) is 1. The van der Waals surface area contributed by atoms with E-state index in [0.717, 1.165) is 12.8 Å². The highest BCUT2D eigenvalue weighted by molar-refractivity contribution is 8.13. The molecule has 1 fully saturated rings. The van der Waals surface area contributed by atoms with Gasteiger partial charge in [0.1, 0.15) is 10.7 Å². The average Bonchev–Trinajstić information content (AvgIpc) is 2.81. The molecule has 0 spiro atoms. The van der Waals surface area contributed by atoms with Crippen molar-refractivity contribution in [3.63, 3.8) is 0 Å². The summed E-state index contributed by atoms with van der Waals surface area (Å²) in [6, 6.07) is 1.18. The Morgan fingerprint density at radius 3 is 2.86 bits per heavy atom. The Bertz CT molecular complexity index is 623. The van der Waals surface area contributed by atoms with Crippen molar-refractivity contribution in [1.29, 1.82) is 0 Å². The summed E-state index contributed by atoms with van der Waals surface area (Å²) in [5.41, 5.74) is 0. The van der Waals surface area contributed by atoms with Crippen LogP contribution in [-0.4, -0.2) is 45.0 Å². The lowest BCUT2D eigenvalue weighted by Gasteiger charge is -2.31. The standard InChI is InChI=1S/C13H18ClNO5S/c1-3-19-10-5-4-6-15(8-10)13(16)11-7-12(9(2)20-11)21(14,17)18/h7,10H,3-6,8H2,1-2H3. The number of piperidine rings is 1. The highest BCUT2D eigenvalue weighted by atomic mass is 35.7. The van der Waals surface area contributed by atoms with Crippen molar-refractivity contribution < 1.29 is 22.4 Å². The smallest absolute Gasteiger partial charge is 0.289 e. The van der Waals surface area contributed by atoms with Crippen molar-refractivity contribution in [3.8, 4) is 0 Å². The van der Waals surface area contributed by atoms with Gasteiger partial charge in [-0.3, -0.25) is 4.79 Å². The summed E-state index contributed by atoms with van der Waals surface area (Å²) in [5.74, 6) is -0.232. The number of carbonyl (C=O) groups excluding carboxylic acids is 1. The zero-order chi connectivity index (χ0) is 15.6. The molecule has 1 aliphatic rings. The van der Waals surface area contributed by atoms with Crippen LogP contribution in [-0.2, 0) is 13.8 Å². The fraction of sp³-hybridized carbons (Fsp3) is 0.615. The van der Waals surface area contributed by atoms with Gasteiger partial charge in [-0.25, -0.2) is 8.42 Å². The SMILES string of the molecule is CCOC1CCCN(C(=O)c2cc(S(=O)(=O)Cl)c(C)o2)C1. The molecule has 0 bridgehead atoms. The Hall–Kier alpha value is -1.05. The van der Waals surface area contributed by atoms with Crippen molar-refractivity contribution in [1.82, 2.24) is 4.90 Å². The third-order valence-corrected chi connectivity index (χ3v) is 4.84. The monoisotopic (exact) mass is 335 g/mol. The highest BCUT2D eigenvalue weighted by Gasteiger charge is 2.29. The third-order valence-electron chi connectivity index (χ3n) is 3.41. The zero-order valence-corrected chi connectivity index (χ0v) is 13.5. The molecule has 21 heavy (non-hydrogen) atoms. The molecule has 1 aromatic rings. The molecular weight excluding hydrogens is 318 g/mol. The van der Waals surface area contributed by atoms with Crippen LogP contribution in [0.4, 0.5) is 0 Å². The topological polar surface area (TPSA) is 76.8 Å². The minimum atomic E-state index is -3.91. The van der Waals surface area contributed by atoms with Crippen LogP contribution in [0.3, 0.4) is 0 Å². The first-order valence-corrected chi connectivity index (χ1v) is 9.09. The molecule has 0 radical (unpaired) electrons. The lowest BCUT2D eigenvalue weighted by Crippen LogP contribution is -2.43. The number of amides is 1. The zero-order valence-electron chi connectivity index (χ0n) is 12.0. The van der Waals surface area contributed by atoms with Gasteiger partial charge < -0.3 is 14.1 Å². The number of aryl methyl sites for hydroxylation is 1. The number of likely N-dealkylation sites (tertiary alicyclic amines) is 1. The summed E-state index contributed by atoms with van der Waals surface area (Å²) in [4.78, 5) is 13.8. The molecule has 2 rings (SSSR count). The van der Waals surface area contributed by atoms with Gasteiger partial charge in [0.2, 0.25) is 0 Å². The second-order valence-electron chi connectivity index (χ2n) is 4.94. The highest BCUT2D eigenvalue weighted by Crippen LogP contribution is 2.25. The molecule has 1 unspecified atom stereocenters. The van der Waals surface area contributed by atoms with E-state index in [0.29, 0.717) is 19.7 Å². The van der Waals surface area contributed by atoms with Crippen molar-refractivity contribution in [2.24, 2.45) is 0 Å². The number of hydrogen-bond donors (Lipinski definition) is 0. The summed E-state index contributed by atoms with van der Waals surface area (Å²) in [7, 11) is 1.39. The summed E-state index contributed by atoms with van der Waals surface area (Å²) in [6.45, 7) is 5.06. The van der Waals surface area contributed by atoms with E-state index in [4.69, 9.17) is 19.8 Å². The Morgan fingerprint density at radius 1 is 1.57 bits per heavy atom. The van der Waals surface area contributed by atoms with E-state index >= 15 is 0 Å². The number of hydrogen-bond acceptors (Lipinski definition) is 5. The van der Waals surface area contributed by atoms with Crippen molar-refractivity contribution in [2.45, 2.75) is 37.7 Å². The van der Waals surface area contributed by atoms with Gasteiger partial charge in [-0.15, -0.1) is 0 Å². The average molecular weight is 336 g/mol. The number of furan rings is 1. The first-order valence-electron chi connectivity index (χ1n) is 6.79. The van der Waals surface area contributed by atoms with Gasteiger partial charge in [0.15, 0.2) is 5.76 Å². The van der Waals surface area contributed by atoms with Crippen LogP contribution in [0.2, 0.25) is 0 Å². The van der Waals surface area contributed by atoms with E-state index in [-0.39, 0.29) is 28.4 Å². The minimum Gasteiger partial charge on any atom is -0.455 e.